The Hall–Kier alpha value is -2.12. The van der Waals surface area contributed by atoms with Crippen molar-refractivity contribution in [3.63, 3.8) is 0 Å². The molecule has 0 unspecified atom stereocenters. The van der Waals surface area contributed by atoms with Crippen molar-refractivity contribution in [2.45, 2.75) is 70.4 Å². The fraction of sp³-hybridized carbons (Fsp3) is 0.560. The maximum Gasteiger partial charge on any atom is 0.243 e. The minimum absolute atomic E-state index is 0.113. The van der Waals surface area contributed by atoms with Gasteiger partial charge in [-0.25, -0.2) is 8.42 Å². The highest BCUT2D eigenvalue weighted by molar-refractivity contribution is 7.89. The van der Waals surface area contributed by atoms with E-state index in [2.05, 4.69) is 13.8 Å². The van der Waals surface area contributed by atoms with Crippen LogP contribution in [0.3, 0.4) is 0 Å². The van der Waals surface area contributed by atoms with Crippen molar-refractivity contribution in [2.24, 2.45) is 13.0 Å². The molecule has 32 heavy (non-hydrogen) atoms. The van der Waals surface area contributed by atoms with Gasteiger partial charge in [0, 0.05) is 31.5 Å². The van der Waals surface area contributed by atoms with Crippen LogP contribution >= 0.6 is 0 Å². The maximum absolute atomic E-state index is 13.6. The number of aryl methyl sites for hydroxylation is 2. The number of amides is 1. The van der Waals surface area contributed by atoms with Crippen LogP contribution in [-0.4, -0.2) is 47.2 Å². The van der Waals surface area contributed by atoms with E-state index >= 15 is 0 Å². The number of carbonyl (C=O) groups is 1. The van der Waals surface area contributed by atoms with E-state index in [-0.39, 0.29) is 29.3 Å². The molecule has 176 valence electrons. The van der Waals surface area contributed by atoms with Crippen LogP contribution in [0.4, 0.5) is 0 Å². The Kier molecular flexibility index (Phi) is 8.17. The second kappa shape index (κ2) is 10.7. The first kappa shape index (κ1) is 24.5. The Bertz CT molecular complexity index is 990. The predicted octanol–water partition coefficient (Wildman–Crippen LogP) is 4.34. The van der Waals surface area contributed by atoms with Crippen molar-refractivity contribution in [3.8, 4) is 0 Å². The van der Waals surface area contributed by atoms with Gasteiger partial charge < -0.3 is 9.47 Å². The fourth-order valence-electron chi connectivity index (χ4n) is 4.41. The Labute approximate surface area is 193 Å². The Morgan fingerprint density at radius 1 is 1.09 bits per heavy atom. The highest BCUT2D eigenvalue weighted by Gasteiger charge is 2.35. The predicted molar refractivity (Wildman–Crippen MR) is 128 cm³/mol. The van der Waals surface area contributed by atoms with E-state index in [9.17, 15) is 13.2 Å². The lowest BCUT2D eigenvalue weighted by atomic mass is 9.95. The van der Waals surface area contributed by atoms with Crippen molar-refractivity contribution in [1.29, 1.82) is 0 Å². The topological polar surface area (TPSA) is 62.6 Å². The highest BCUT2D eigenvalue weighted by Crippen LogP contribution is 2.28. The molecule has 1 amide bonds. The van der Waals surface area contributed by atoms with Gasteiger partial charge in [-0.3, -0.25) is 4.79 Å². The Morgan fingerprint density at radius 2 is 1.75 bits per heavy atom. The molecule has 0 spiro atoms. The zero-order valence-electron chi connectivity index (χ0n) is 19.8. The minimum atomic E-state index is -3.76. The van der Waals surface area contributed by atoms with Gasteiger partial charge in [0.1, 0.15) is 0 Å². The zero-order chi connectivity index (χ0) is 23.3. The summed E-state index contributed by atoms with van der Waals surface area (Å²) >= 11 is 0. The molecule has 1 heterocycles. The smallest absolute Gasteiger partial charge is 0.243 e. The lowest BCUT2D eigenvalue weighted by Crippen LogP contribution is -2.48. The number of hydrogen-bond acceptors (Lipinski definition) is 3. The number of benzene rings is 1. The third-order valence-corrected chi connectivity index (χ3v) is 8.16. The summed E-state index contributed by atoms with van der Waals surface area (Å²) in [7, 11) is -1.80. The number of hydrogen-bond donors (Lipinski definition) is 0. The highest BCUT2D eigenvalue weighted by atomic mass is 32.2. The first-order valence-electron chi connectivity index (χ1n) is 11.6. The van der Waals surface area contributed by atoms with E-state index in [4.69, 9.17) is 0 Å². The van der Waals surface area contributed by atoms with Gasteiger partial charge in [0.25, 0.3) is 0 Å². The molecule has 1 aromatic carbocycles. The van der Waals surface area contributed by atoms with Crippen LogP contribution < -0.4 is 0 Å². The first-order valence-corrected chi connectivity index (χ1v) is 13.1. The Morgan fingerprint density at radius 3 is 2.31 bits per heavy atom. The van der Waals surface area contributed by atoms with Crippen LogP contribution in [0, 0.1) is 12.8 Å². The zero-order valence-corrected chi connectivity index (χ0v) is 20.6. The number of nitrogens with zero attached hydrogens (tertiary/aromatic N) is 3. The van der Waals surface area contributed by atoms with E-state index in [1.807, 2.05) is 49.0 Å². The molecule has 1 aromatic heterocycles. The third-order valence-electron chi connectivity index (χ3n) is 6.24. The SMILES string of the molecule is Cc1ccc(S(=O)(=O)N(CC(=O)N(Cc2cccn2C)CC(C)C)C2CCCCC2)cc1. The second-order valence-corrected chi connectivity index (χ2v) is 11.3. The number of carbonyl (C=O) groups excluding carboxylic acids is 1. The molecular formula is C25H37N3O3S. The van der Waals surface area contributed by atoms with Crippen LogP contribution in [0.2, 0.25) is 0 Å². The van der Waals surface area contributed by atoms with Gasteiger partial charge in [-0.2, -0.15) is 4.31 Å². The molecule has 2 aromatic rings. The van der Waals surface area contributed by atoms with Gasteiger partial charge in [-0.15, -0.1) is 0 Å². The molecule has 1 aliphatic carbocycles. The molecule has 0 atom stereocenters. The van der Waals surface area contributed by atoms with Gasteiger partial charge in [0.2, 0.25) is 15.9 Å². The average Bonchev–Trinajstić information content (AvgIpc) is 3.16. The lowest BCUT2D eigenvalue weighted by molar-refractivity contribution is -0.133. The summed E-state index contributed by atoms with van der Waals surface area (Å²) in [6.45, 7) is 7.04. The largest absolute Gasteiger partial charge is 0.353 e. The van der Waals surface area contributed by atoms with Gasteiger partial charge in [0.15, 0.2) is 0 Å². The van der Waals surface area contributed by atoms with E-state index in [0.717, 1.165) is 43.4 Å². The standard InChI is InChI=1S/C25H37N3O3S/c1-20(2)17-27(18-23-11-8-16-26(23)4)25(29)19-28(22-9-6-5-7-10-22)32(30,31)24-14-12-21(3)13-15-24/h8,11-16,20,22H,5-7,9-10,17-19H2,1-4H3. The summed E-state index contributed by atoms with van der Waals surface area (Å²) in [5.74, 6) is 0.150. The van der Waals surface area contributed by atoms with Crippen LogP contribution in [0.25, 0.3) is 0 Å². The van der Waals surface area contributed by atoms with E-state index < -0.39 is 10.0 Å². The van der Waals surface area contributed by atoms with Crippen LogP contribution in [-0.2, 0) is 28.4 Å². The maximum atomic E-state index is 13.6. The molecule has 7 heteroatoms. The van der Waals surface area contributed by atoms with Crippen LogP contribution in [0.1, 0.15) is 57.2 Å². The van der Waals surface area contributed by atoms with Gasteiger partial charge in [0.05, 0.1) is 18.0 Å². The summed E-state index contributed by atoms with van der Waals surface area (Å²) in [4.78, 5) is 15.6. The van der Waals surface area contributed by atoms with E-state index in [1.54, 1.807) is 17.0 Å². The van der Waals surface area contributed by atoms with Crippen molar-refractivity contribution in [1.82, 2.24) is 13.8 Å². The normalized spacial score (nSPS) is 15.4. The quantitative estimate of drug-likeness (QED) is 0.560. The molecule has 0 radical (unpaired) electrons. The van der Waals surface area contributed by atoms with Crippen LogP contribution in [0.15, 0.2) is 47.5 Å². The molecule has 6 nitrogen and oxygen atoms in total. The van der Waals surface area contributed by atoms with Gasteiger partial charge >= 0.3 is 0 Å². The molecule has 0 saturated heterocycles. The Balaban J connectivity index is 1.88. The lowest BCUT2D eigenvalue weighted by Gasteiger charge is -2.35. The van der Waals surface area contributed by atoms with Gasteiger partial charge in [-0.1, -0.05) is 50.8 Å². The monoisotopic (exact) mass is 459 g/mol. The van der Waals surface area contributed by atoms with Crippen molar-refractivity contribution in [3.05, 3.63) is 53.9 Å². The van der Waals surface area contributed by atoms with Gasteiger partial charge in [-0.05, 0) is 49.9 Å². The fourth-order valence-corrected chi connectivity index (χ4v) is 6.04. The second-order valence-electron chi connectivity index (χ2n) is 9.43. The first-order chi connectivity index (χ1) is 15.2. The minimum Gasteiger partial charge on any atom is -0.353 e. The summed E-state index contributed by atoms with van der Waals surface area (Å²) < 4.78 is 30.8. The summed E-state index contributed by atoms with van der Waals surface area (Å²) in [6.07, 6.45) is 6.69. The molecule has 1 saturated carbocycles. The number of aromatic nitrogens is 1. The summed E-state index contributed by atoms with van der Waals surface area (Å²) in [5.41, 5.74) is 2.04. The van der Waals surface area contributed by atoms with Crippen molar-refractivity contribution >= 4 is 15.9 Å². The molecule has 0 bridgehead atoms. The third kappa shape index (κ3) is 6.01. The molecule has 0 N–H and O–H groups in total. The number of rotatable bonds is 9. The average molecular weight is 460 g/mol. The van der Waals surface area contributed by atoms with Crippen molar-refractivity contribution < 1.29 is 13.2 Å². The molecular weight excluding hydrogens is 422 g/mol. The van der Waals surface area contributed by atoms with E-state index in [0.29, 0.717) is 13.1 Å². The van der Waals surface area contributed by atoms with Crippen molar-refractivity contribution in [2.75, 3.05) is 13.1 Å². The van der Waals surface area contributed by atoms with Crippen LogP contribution in [0.5, 0.6) is 0 Å². The van der Waals surface area contributed by atoms with E-state index in [1.165, 1.54) is 4.31 Å². The number of sulfonamides is 1. The summed E-state index contributed by atoms with van der Waals surface area (Å²) in [6, 6.07) is 10.8. The molecule has 3 rings (SSSR count). The molecule has 0 aliphatic heterocycles. The molecule has 1 fully saturated rings. The molecule has 1 aliphatic rings. The summed E-state index contributed by atoms with van der Waals surface area (Å²) in [5, 5.41) is 0.